The zero-order valence-corrected chi connectivity index (χ0v) is 13.1. The number of carbonyl (C=O) groups is 2. The molecule has 0 rings (SSSR count). The van der Waals surface area contributed by atoms with Gasteiger partial charge in [0.05, 0.1) is 13.2 Å². The minimum atomic E-state index is -1.20. The van der Waals surface area contributed by atoms with Gasteiger partial charge in [-0.05, 0) is 25.2 Å². The van der Waals surface area contributed by atoms with Crippen LogP contribution in [-0.2, 0) is 19.1 Å². The number of esters is 2. The van der Waals surface area contributed by atoms with Crippen molar-refractivity contribution in [3.63, 3.8) is 0 Å². The number of unbranched alkanes of at least 4 members (excludes halogenated alkanes) is 1. The summed E-state index contributed by atoms with van der Waals surface area (Å²) < 4.78 is 10.4. The van der Waals surface area contributed by atoms with Crippen molar-refractivity contribution < 1.29 is 19.1 Å². The van der Waals surface area contributed by atoms with Gasteiger partial charge in [0.25, 0.3) is 0 Å². The lowest BCUT2D eigenvalue weighted by Gasteiger charge is -2.36. The normalized spacial score (nSPS) is 11.8. The molecule has 0 aromatic heterocycles. The predicted octanol–water partition coefficient (Wildman–Crippen LogP) is 3.19. The van der Waals surface area contributed by atoms with E-state index in [4.69, 9.17) is 9.47 Å². The summed E-state index contributed by atoms with van der Waals surface area (Å²) in [6, 6.07) is 0. The minimum absolute atomic E-state index is 0.166. The molecule has 0 heterocycles. The lowest BCUT2D eigenvalue weighted by molar-refractivity contribution is -0.180. The van der Waals surface area contributed by atoms with Gasteiger partial charge in [-0.15, -0.1) is 0 Å². The molecule has 0 atom stereocenters. The largest absolute Gasteiger partial charge is 0.465 e. The van der Waals surface area contributed by atoms with Crippen molar-refractivity contribution in [2.75, 3.05) is 13.2 Å². The maximum atomic E-state index is 12.4. The Hall–Kier alpha value is -1.06. The molecule has 0 unspecified atom stereocenters. The van der Waals surface area contributed by atoms with Crippen LogP contribution >= 0.6 is 0 Å². The quantitative estimate of drug-likeness (QED) is 0.387. The van der Waals surface area contributed by atoms with E-state index in [9.17, 15) is 9.59 Å². The Balaban J connectivity index is 5.23. The summed E-state index contributed by atoms with van der Waals surface area (Å²) in [6.07, 6.45) is 1.75. The van der Waals surface area contributed by atoms with Gasteiger partial charge in [-0.25, -0.2) is 0 Å². The number of ether oxygens (including phenoxy) is 2. The van der Waals surface area contributed by atoms with Crippen LogP contribution in [0.25, 0.3) is 0 Å². The highest BCUT2D eigenvalue weighted by Crippen LogP contribution is 2.39. The second-order valence-corrected chi connectivity index (χ2v) is 5.39. The van der Waals surface area contributed by atoms with Gasteiger partial charge < -0.3 is 9.47 Å². The van der Waals surface area contributed by atoms with Crippen molar-refractivity contribution in [2.45, 2.75) is 54.4 Å². The molecule has 0 radical (unpaired) electrons. The summed E-state index contributed by atoms with van der Waals surface area (Å²) in [5.41, 5.74) is -1.20. The van der Waals surface area contributed by atoms with E-state index in [0.717, 1.165) is 12.8 Å². The highest BCUT2D eigenvalue weighted by Gasteiger charge is 2.54. The van der Waals surface area contributed by atoms with Gasteiger partial charge in [0.15, 0.2) is 5.41 Å². The van der Waals surface area contributed by atoms with E-state index >= 15 is 0 Å². The third kappa shape index (κ3) is 3.95. The van der Waals surface area contributed by atoms with E-state index in [2.05, 4.69) is 0 Å². The lowest BCUT2D eigenvalue weighted by Crippen LogP contribution is -2.50. The predicted molar refractivity (Wildman–Crippen MR) is 74.6 cm³/mol. The van der Waals surface area contributed by atoms with Gasteiger partial charge in [0, 0.05) is 0 Å². The minimum Gasteiger partial charge on any atom is -0.465 e. The van der Waals surface area contributed by atoms with Crippen LogP contribution in [0, 0.1) is 17.3 Å². The third-order valence-electron chi connectivity index (χ3n) is 3.50. The standard InChI is InChI=1S/C15H28O4/c1-7-9-10-19-14(17)15(11(3)4,12(5)6)13(16)18-8-2/h11-12H,7-10H2,1-6H3. The monoisotopic (exact) mass is 272 g/mol. The smallest absolute Gasteiger partial charge is 0.324 e. The number of hydrogen-bond acceptors (Lipinski definition) is 4. The molecule has 0 saturated carbocycles. The Morgan fingerprint density at radius 1 is 0.947 bits per heavy atom. The first kappa shape index (κ1) is 17.9. The van der Waals surface area contributed by atoms with Crippen LogP contribution in [-0.4, -0.2) is 25.2 Å². The highest BCUT2D eigenvalue weighted by molar-refractivity contribution is 6.00. The molecule has 0 aromatic carbocycles. The van der Waals surface area contributed by atoms with Crippen molar-refractivity contribution in [1.82, 2.24) is 0 Å². The van der Waals surface area contributed by atoms with Crippen molar-refractivity contribution in [3.8, 4) is 0 Å². The molecule has 19 heavy (non-hydrogen) atoms. The molecule has 0 bridgehead atoms. The van der Waals surface area contributed by atoms with Crippen LogP contribution in [0.5, 0.6) is 0 Å². The zero-order chi connectivity index (χ0) is 15.1. The van der Waals surface area contributed by atoms with Crippen LogP contribution in [0.2, 0.25) is 0 Å². The van der Waals surface area contributed by atoms with Crippen LogP contribution in [0.15, 0.2) is 0 Å². The van der Waals surface area contributed by atoms with Crippen LogP contribution in [0.1, 0.15) is 54.4 Å². The van der Waals surface area contributed by atoms with Gasteiger partial charge >= 0.3 is 11.9 Å². The molecule has 4 heteroatoms. The molecule has 0 spiro atoms. The SMILES string of the molecule is CCCCOC(=O)C(C(=O)OCC)(C(C)C)C(C)C. The second kappa shape index (κ2) is 8.18. The average molecular weight is 272 g/mol. The maximum absolute atomic E-state index is 12.4. The van der Waals surface area contributed by atoms with Crippen molar-refractivity contribution >= 4 is 11.9 Å². The second-order valence-electron chi connectivity index (χ2n) is 5.39. The van der Waals surface area contributed by atoms with E-state index in [1.54, 1.807) is 6.92 Å². The van der Waals surface area contributed by atoms with E-state index < -0.39 is 17.4 Å². The fourth-order valence-electron chi connectivity index (χ4n) is 2.37. The first-order valence-corrected chi connectivity index (χ1v) is 7.19. The van der Waals surface area contributed by atoms with Crippen molar-refractivity contribution in [2.24, 2.45) is 17.3 Å². The molecule has 0 saturated heterocycles. The molecular weight excluding hydrogens is 244 g/mol. The van der Waals surface area contributed by atoms with Gasteiger partial charge in [0.2, 0.25) is 0 Å². The summed E-state index contributed by atoms with van der Waals surface area (Å²) >= 11 is 0. The summed E-state index contributed by atoms with van der Waals surface area (Å²) in [5.74, 6) is -1.26. The fraction of sp³-hybridized carbons (Fsp3) is 0.867. The Morgan fingerprint density at radius 2 is 1.42 bits per heavy atom. The first-order valence-electron chi connectivity index (χ1n) is 7.19. The molecule has 0 aliphatic rings. The van der Waals surface area contributed by atoms with Gasteiger partial charge in [-0.1, -0.05) is 41.0 Å². The zero-order valence-electron chi connectivity index (χ0n) is 13.1. The summed E-state index contributed by atoms with van der Waals surface area (Å²) in [4.78, 5) is 24.7. The van der Waals surface area contributed by atoms with Crippen molar-refractivity contribution in [3.05, 3.63) is 0 Å². The van der Waals surface area contributed by atoms with Crippen molar-refractivity contribution in [1.29, 1.82) is 0 Å². The molecule has 0 amide bonds. The van der Waals surface area contributed by atoms with E-state index in [1.807, 2.05) is 34.6 Å². The van der Waals surface area contributed by atoms with E-state index in [-0.39, 0.29) is 18.4 Å². The molecule has 0 aliphatic heterocycles. The summed E-state index contributed by atoms with van der Waals surface area (Å²) in [7, 11) is 0. The molecule has 0 aromatic rings. The number of rotatable bonds is 8. The molecular formula is C15H28O4. The third-order valence-corrected chi connectivity index (χ3v) is 3.50. The topological polar surface area (TPSA) is 52.6 Å². The Labute approximate surface area is 116 Å². The van der Waals surface area contributed by atoms with E-state index in [1.165, 1.54) is 0 Å². The molecule has 4 nitrogen and oxygen atoms in total. The summed E-state index contributed by atoms with van der Waals surface area (Å²) in [5, 5.41) is 0. The molecule has 0 aliphatic carbocycles. The van der Waals surface area contributed by atoms with Gasteiger partial charge in [-0.3, -0.25) is 9.59 Å². The van der Waals surface area contributed by atoms with Gasteiger partial charge in [0.1, 0.15) is 0 Å². The van der Waals surface area contributed by atoms with Crippen LogP contribution < -0.4 is 0 Å². The highest BCUT2D eigenvalue weighted by atomic mass is 16.6. The van der Waals surface area contributed by atoms with Crippen LogP contribution in [0.4, 0.5) is 0 Å². The Kier molecular flexibility index (Phi) is 7.72. The van der Waals surface area contributed by atoms with Gasteiger partial charge in [-0.2, -0.15) is 0 Å². The van der Waals surface area contributed by atoms with Crippen LogP contribution in [0.3, 0.4) is 0 Å². The molecule has 112 valence electrons. The number of carbonyl (C=O) groups excluding carboxylic acids is 2. The Morgan fingerprint density at radius 3 is 1.79 bits per heavy atom. The maximum Gasteiger partial charge on any atom is 0.324 e. The Bertz CT molecular complexity index is 287. The fourth-order valence-corrected chi connectivity index (χ4v) is 2.37. The molecule has 0 fully saturated rings. The van der Waals surface area contributed by atoms with E-state index in [0.29, 0.717) is 6.61 Å². The summed E-state index contributed by atoms with van der Waals surface area (Å²) in [6.45, 7) is 11.8. The first-order chi connectivity index (χ1) is 8.85. The average Bonchev–Trinajstić information content (AvgIpc) is 2.29. The number of hydrogen-bond donors (Lipinski definition) is 0. The molecule has 0 N–H and O–H groups in total. The lowest BCUT2D eigenvalue weighted by atomic mass is 9.69.